The zero-order chi connectivity index (χ0) is 42.4. The maximum atomic E-state index is 10.3. The lowest BCUT2D eigenvalue weighted by Gasteiger charge is -2.26. The number of nitrogens with one attached hydrogen (secondary N) is 3. The summed E-state index contributed by atoms with van der Waals surface area (Å²) in [6, 6.07) is 18.1. The molecular formula is C45H69N3O6. The normalized spacial score (nSPS) is 12.3. The highest BCUT2D eigenvalue weighted by atomic mass is 16.3. The molecule has 0 saturated carbocycles. The number of phenolic OH excluding ortho intramolecular Hbond substituents is 3. The van der Waals surface area contributed by atoms with Gasteiger partial charge in [-0.15, -0.1) is 0 Å². The van der Waals surface area contributed by atoms with Crippen LogP contribution >= 0.6 is 0 Å². The zero-order valence-corrected chi connectivity index (χ0v) is 36.3. The summed E-state index contributed by atoms with van der Waals surface area (Å²) >= 11 is 0. The molecule has 9 nitrogen and oxygen atoms in total. The van der Waals surface area contributed by atoms with Crippen LogP contribution in [-0.4, -0.2) is 30.3 Å². The average Bonchev–Trinajstić information content (AvgIpc) is 2.94. The molecule has 1 heterocycles. The summed E-state index contributed by atoms with van der Waals surface area (Å²) in [4.78, 5) is 35.9. The van der Waals surface area contributed by atoms with E-state index in [1.807, 2.05) is 54.6 Å². The van der Waals surface area contributed by atoms with Crippen molar-refractivity contribution in [2.45, 2.75) is 157 Å². The number of rotatable bonds is 0. The summed E-state index contributed by atoms with van der Waals surface area (Å²) in [5, 5.41) is 30.8. The first-order valence-corrected chi connectivity index (χ1v) is 18.5. The number of benzene rings is 3. The van der Waals surface area contributed by atoms with Crippen molar-refractivity contribution < 1.29 is 15.3 Å². The van der Waals surface area contributed by atoms with E-state index in [1.54, 1.807) is 15.0 Å². The Morgan fingerprint density at radius 3 is 0.556 bits per heavy atom. The van der Waals surface area contributed by atoms with Crippen molar-refractivity contribution in [3.63, 3.8) is 0 Å². The van der Waals surface area contributed by atoms with Gasteiger partial charge in [-0.25, -0.2) is 14.4 Å². The smallest absolute Gasteiger partial charge is 0.330 e. The van der Waals surface area contributed by atoms with Crippen LogP contribution in [0.4, 0.5) is 0 Å². The van der Waals surface area contributed by atoms with Gasteiger partial charge in [-0.2, -0.15) is 0 Å². The molecule has 0 unspecified atom stereocenters. The highest BCUT2D eigenvalue weighted by Gasteiger charge is 2.27. The molecule has 0 spiro atoms. The predicted molar refractivity (Wildman–Crippen MR) is 225 cm³/mol. The van der Waals surface area contributed by atoms with Crippen LogP contribution in [0, 0.1) is 0 Å². The van der Waals surface area contributed by atoms with E-state index in [0.29, 0.717) is 17.2 Å². The van der Waals surface area contributed by atoms with Crippen molar-refractivity contribution in [2.24, 2.45) is 0 Å². The summed E-state index contributed by atoms with van der Waals surface area (Å²) in [6.07, 6.45) is 0. The van der Waals surface area contributed by atoms with Crippen LogP contribution in [0.1, 0.15) is 158 Å². The standard InChI is InChI=1S/3C14H22O.C3H3N3O3/c3*1-13(2,3)10-8-7-9-11(12(10)15)14(4,5)6;7-1-4-2(8)6-3(9)5-1/h3*7-9,15H,1-6H3;(H3,4,5,6,7,8,9). The number of aromatic amines is 3. The summed E-state index contributed by atoms with van der Waals surface area (Å²) in [6.45, 7) is 38.2. The van der Waals surface area contributed by atoms with Crippen molar-refractivity contribution in [2.75, 3.05) is 0 Å². The quantitative estimate of drug-likeness (QED) is 0.105. The molecule has 0 saturated heterocycles. The molecule has 0 radical (unpaired) electrons. The Morgan fingerprint density at radius 1 is 0.315 bits per heavy atom. The third-order valence-electron chi connectivity index (χ3n) is 8.64. The van der Waals surface area contributed by atoms with Crippen LogP contribution in [0.2, 0.25) is 0 Å². The monoisotopic (exact) mass is 748 g/mol. The van der Waals surface area contributed by atoms with Gasteiger partial charge in [-0.1, -0.05) is 179 Å². The first-order valence-electron chi connectivity index (χ1n) is 18.5. The molecule has 9 heteroatoms. The summed E-state index contributed by atoms with van der Waals surface area (Å²) in [7, 11) is 0. The molecule has 3 aromatic carbocycles. The van der Waals surface area contributed by atoms with E-state index >= 15 is 0 Å². The van der Waals surface area contributed by atoms with E-state index in [1.165, 1.54) is 0 Å². The van der Waals surface area contributed by atoms with Gasteiger partial charge in [0, 0.05) is 0 Å². The summed E-state index contributed by atoms with van der Waals surface area (Å²) < 4.78 is 0. The minimum atomic E-state index is -0.802. The number of hydrogen-bond acceptors (Lipinski definition) is 6. The highest BCUT2D eigenvalue weighted by molar-refractivity contribution is 5.48. The molecule has 0 bridgehead atoms. The summed E-state index contributed by atoms with van der Waals surface area (Å²) in [5.41, 5.74) is 3.68. The van der Waals surface area contributed by atoms with Crippen molar-refractivity contribution in [1.82, 2.24) is 15.0 Å². The van der Waals surface area contributed by atoms with Crippen LogP contribution in [0.15, 0.2) is 69.0 Å². The fraction of sp³-hybridized carbons (Fsp3) is 0.533. The third kappa shape index (κ3) is 14.0. The van der Waals surface area contributed by atoms with Crippen molar-refractivity contribution in [1.29, 1.82) is 0 Å². The number of H-pyrrole nitrogens is 3. The molecule has 1 aromatic heterocycles. The predicted octanol–water partition coefficient (Wildman–Crippen LogP) is 9.71. The molecule has 0 fully saturated rings. The lowest BCUT2D eigenvalue weighted by Crippen LogP contribution is -2.34. The van der Waals surface area contributed by atoms with Crippen LogP contribution in [-0.2, 0) is 32.5 Å². The number of aromatic nitrogens is 3. The molecule has 0 aliphatic rings. The molecule has 0 atom stereocenters. The van der Waals surface area contributed by atoms with E-state index in [9.17, 15) is 29.7 Å². The molecular weight excluding hydrogens is 679 g/mol. The molecule has 4 aromatic rings. The largest absolute Gasteiger partial charge is 0.507 e. The fourth-order valence-corrected chi connectivity index (χ4v) is 5.66. The van der Waals surface area contributed by atoms with Crippen molar-refractivity contribution in [3.05, 3.63) is 119 Å². The SMILES string of the molecule is CC(C)(C)c1cccc(C(C)(C)C)c1O.CC(C)(C)c1cccc(C(C)(C)C)c1O.CC(C)(C)c1cccc(C(C)(C)C)c1O.O=c1[nH]c(=O)[nH]c(=O)[nH]1. The minimum absolute atomic E-state index is 0.00859. The van der Waals surface area contributed by atoms with Gasteiger partial charge in [-0.3, -0.25) is 15.0 Å². The second kappa shape index (κ2) is 17.3. The Kier molecular flexibility index (Phi) is 15.2. The zero-order valence-electron chi connectivity index (χ0n) is 36.3. The number of hydrogen-bond donors (Lipinski definition) is 6. The van der Waals surface area contributed by atoms with Gasteiger partial charge in [0.1, 0.15) is 17.2 Å². The van der Waals surface area contributed by atoms with Crippen molar-refractivity contribution in [3.8, 4) is 17.2 Å². The molecule has 0 aliphatic carbocycles. The van der Waals surface area contributed by atoms with Gasteiger partial charge >= 0.3 is 17.1 Å². The molecule has 0 amide bonds. The molecule has 54 heavy (non-hydrogen) atoms. The Morgan fingerprint density at radius 2 is 0.444 bits per heavy atom. The Balaban J connectivity index is 0.000000366. The van der Waals surface area contributed by atoms with E-state index in [2.05, 4.69) is 125 Å². The Labute approximate surface area is 323 Å². The van der Waals surface area contributed by atoms with E-state index in [4.69, 9.17) is 0 Å². The van der Waals surface area contributed by atoms with Crippen LogP contribution in [0.25, 0.3) is 0 Å². The fourth-order valence-electron chi connectivity index (χ4n) is 5.66. The highest BCUT2D eigenvalue weighted by Crippen LogP contribution is 2.40. The lowest BCUT2D eigenvalue weighted by atomic mass is 9.79. The average molecular weight is 748 g/mol. The second-order valence-corrected chi connectivity index (χ2v) is 20.0. The van der Waals surface area contributed by atoms with Gasteiger partial charge in [0.2, 0.25) is 0 Å². The molecule has 300 valence electrons. The molecule has 6 N–H and O–H groups in total. The third-order valence-corrected chi connectivity index (χ3v) is 8.64. The van der Waals surface area contributed by atoms with Crippen LogP contribution in [0.3, 0.4) is 0 Å². The van der Waals surface area contributed by atoms with Gasteiger partial charge in [0.05, 0.1) is 0 Å². The number of para-hydroxylation sites is 3. The van der Waals surface area contributed by atoms with Crippen LogP contribution in [0.5, 0.6) is 17.2 Å². The minimum Gasteiger partial charge on any atom is -0.507 e. The van der Waals surface area contributed by atoms with E-state index < -0.39 is 17.1 Å². The Hall–Kier alpha value is -4.53. The maximum absolute atomic E-state index is 10.3. The number of aromatic hydroxyl groups is 3. The van der Waals surface area contributed by atoms with Gasteiger partial charge in [-0.05, 0) is 65.9 Å². The second-order valence-electron chi connectivity index (χ2n) is 20.0. The van der Waals surface area contributed by atoms with E-state index in [0.717, 1.165) is 33.4 Å². The van der Waals surface area contributed by atoms with Gasteiger partial charge < -0.3 is 15.3 Å². The van der Waals surface area contributed by atoms with E-state index in [-0.39, 0.29) is 32.5 Å². The summed E-state index contributed by atoms with van der Waals surface area (Å²) in [5.74, 6) is 1.37. The van der Waals surface area contributed by atoms with Gasteiger partial charge in [0.25, 0.3) is 0 Å². The topological polar surface area (TPSA) is 159 Å². The number of phenols is 3. The first-order chi connectivity index (χ1) is 24.1. The van der Waals surface area contributed by atoms with Crippen molar-refractivity contribution >= 4 is 0 Å². The van der Waals surface area contributed by atoms with Gasteiger partial charge in [0.15, 0.2) is 0 Å². The van der Waals surface area contributed by atoms with Crippen LogP contribution < -0.4 is 17.1 Å². The molecule has 4 rings (SSSR count). The molecule has 0 aliphatic heterocycles. The lowest BCUT2D eigenvalue weighted by molar-refractivity contribution is 0.422. The maximum Gasteiger partial charge on any atom is 0.330 e. The Bertz CT molecular complexity index is 1660. The first kappa shape index (κ1) is 47.5.